The van der Waals surface area contributed by atoms with Crippen molar-refractivity contribution in [3.05, 3.63) is 12.4 Å². The van der Waals surface area contributed by atoms with E-state index in [0.29, 0.717) is 0 Å². The molecule has 0 atom stereocenters. The standard InChI is InChI=1S/C5H6N2O4/c8-4(9)6-1-2-7(3-6)5(10)11/h1-2H,3H2,(H,8,9)(H,10,11). The molecule has 0 bridgehead atoms. The molecule has 2 amide bonds. The van der Waals surface area contributed by atoms with Crippen molar-refractivity contribution in [3.8, 4) is 0 Å². The molecule has 1 aliphatic rings. The molecule has 60 valence electrons. The van der Waals surface area contributed by atoms with Crippen LogP contribution in [0.2, 0.25) is 0 Å². The lowest BCUT2D eigenvalue weighted by molar-refractivity contribution is 0.138. The molecule has 11 heavy (non-hydrogen) atoms. The molecule has 1 rings (SSSR count). The maximum atomic E-state index is 10.2. The zero-order valence-electron chi connectivity index (χ0n) is 5.47. The van der Waals surface area contributed by atoms with Gasteiger partial charge in [0, 0.05) is 12.4 Å². The minimum Gasteiger partial charge on any atom is -0.465 e. The summed E-state index contributed by atoms with van der Waals surface area (Å²) in [4.78, 5) is 22.2. The van der Waals surface area contributed by atoms with E-state index < -0.39 is 12.2 Å². The molecule has 0 aromatic carbocycles. The second-order valence-corrected chi connectivity index (χ2v) is 1.94. The van der Waals surface area contributed by atoms with Gasteiger partial charge >= 0.3 is 12.2 Å². The summed E-state index contributed by atoms with van der Waals surface area (Å²) in [5.74, 6) is 0. The molecule has 6 heteroatoms. The third-order valence-corrected chi connectivity index (χ3v) is 1.22. The van der Waals surface area contributed by atoms with Crippen LogP contribution >= 0.6 is 0 Å². The number of rotatable bonds is 0. The quantitative estimate of drug-likeness (QED) is 0.534. The van der Waals surface area contributed by atoms with Gasteiger partial charge in [0.1, 0.15) is 6.67 Å². The lowest BCUT2D eigenvalue weighted by Crippen LogP contribution is -2.31. The van der Waals surface area contributed by atoms with Crippen LogP contribution in [0.25, 0.3) is 0 Å². The highest BCUT2D eigenvalue weighted by molar-refractivity contribution is 5.71. The van der Waals surface area contributed by atoms with E-state index in [0.717, 1.165) is 9.80 Å². The Hall–Kier alpha value is -1.72. The van der Waals surface area contributed by atoms with Gasteiger partial charge in [-0.05, 0) is 0 Å². The lowest BCUT2D eigenvalue weighted by atomic mass is 10.8. The number of carbonyl (C=O) groups is 2. The minimum atomic E-state index is -1.16. The third-order valence-electron chi connectivity index (χ3n) is 1.22. The van der Waals surface area contributed by atoms with E-state index in [1.54, 1.807) is 0 Å². The van der Waals surface area contributed by atoms with Gasteiger partial charge in [0.05, 0.1) is 0 Å². The van der Waals surface area contributed by atoms with E-state index in [1.807, 2.05) is 0 Å². The molecule has 1 aliphatic heterocycles. The van der Waals surface area contributed by atoms with Crippen LogP contribution in [-0.2, 0) is 0 Å². The van der Waals surface area contributed by atoms with Crippen molar-refractivity contribution in [2.45, 2.75) is 0 Å². The summed E-state index contributed by atoms with van der Waals surface area (Å²) in [7, 11) is 0. The van der Waals surface area contributed by atoms with E-state index in [4.69, 9.17) is 10.2 Å². The highest BCUT2D eigenvalue weighted by atomic mass is 16.4. The van der Waals surface area contributed by atoms with Crippen molar-refractivity contribution >= 4 is 12.2 Å². The van der Waals surface area contributed by atoms with Gasteiger partial charge in [0.25, 0.3) is 0 Å². The summed E-state index contributed by atoms with van der Waals surface area (Å²) >= 11 is 0. The first-order valence-corrected chi connectivity index (χ1v) is 2.78. The molecule has 0 fully saturated rings. The molecular formula is C5H6N2O4. The first kappa shape index (κ1) is 7.39. The first-order chi connectivity index (χ1) is 5.11. The Labute approximate surface area is 61.9 Å². The van der Waals surface area contributed by atoms with Crippen LogP contribution in [0, 0.1) is 0 Å². The predicted octanol–water partition coefficient (Wildman–Crippen LogP) is 0.389. The van der Waals surface area contributed by atoms with Crippen molar-refractivity contribution < 1.29 is 19.8 Å². The Morgan fingerprint density at radius 2 is 1.45 bits per heavy atom. The largest absolute Gasteiger partial charge is 0.465 e. The molecule has 0 aliphatic carbocycles. The number of nitrogens with zero attached hydrogens (tertiary/aromatic N) is 2. The van der Waals surface area contributed by atoms with E-state index in [9.17, 15) is 9.59 Å². The molecule has 0 spiro atoms. The molecule has 0 saturated heterocycles. The van der Waals surface area contributed by atoms with E-state index >= 15 is 0 Å². The number of hydrogen-bond acceptors (Lipinski definition) is 2. The molecule has 0 aromatic rings. The lowest BCUT2D eigenvalue weighted by Gasteiger charge is -2.11. The van der Waals surface area contributed by atoms with Crippen molar-refractivity contribution in [1.82, 2.24) is 9.80 Å². The Morgan fingerprint density at radius 1 is 1.09 bits per heavy atom. The molecule has 0 radical (unpaired) electrons. The van der Waals surface area contributed by atoms with Crippen LogP contribution in [0.5, 0.6) is 0 Å². The Bertz CT molecular complexity index is 203. The zero-order valence-corrected chi connectivity index (χ0v) is 5.47. The highest BCUT2D eigenvalue weighted by Crippen LogP contribution is 2.05. The maximum absolute atomic E-state index is 10.2. The zero-order chi connectivity index (χ0) is 8.43. The topological polar surface area (TPSA) is 81.1 Å². The van der Waals surface area contributed by atoms with Crippen LogP contribution < -0.4 is 0 Å². The SMILES string of the molecule is O=C(O)N1C=CN(C(=O)O)C1. The summed E-state index contributed by atoms with van der Waals surface area (Å²) in [5.41, 5.74) is 0. The second-order valence-electron chi connectivity index (χ2n) is 1.94. The maximum Gasteiger partial charge on any atom is 0.412 e. The molecule has 0 unspecified atom stereocenters. The van der Waals surface area contributed by atoms with Gasteiger partial charge in [-0.3, -0.25) is 9.80 Å². The fourth-order valence-corrected chi connectivity index (χ4v) is 0.668. The van der Waals surface area contributed by atoms with Crippen LogP contribution in [0.3, 0.4) is 0 Å². The fourth-order valence-electron chi connectivity index (χ4n) is 0.668. The molecular weight excluding hydrogens is 152 g/mol. The van der Waals surface area contributed by atoms with Crippen LogP contribution in [-0.4, -0.2) is 38.9 Å². The molecule has 0 saturated carbocycles. The number of carboxylic acid groups (broad SMARTS) is 2. The van der Waals surface area contributed by atoms with Crippen molar-refractivity contribution in [2.24, 2.45) is 0 Å². The number of amides is 2. The van der Waals surface area contributed by atoms with Crippen LogP contribution in [0.1, 0.15) is 0 Å². The van der Waals surface area contributed by atoms with Gasteiger partial charge in [0.2, 0.25) is 0 Å². The second kappa shape index (κ2) is 2.49. The summed E-state index contributed by atoms with van der Waals surface area (Å²) in [6.07, 6.45) is 0.0578. The van der Waals surface area contributed by atoms with Gasteiger partial charge in [-0.1, -0.05) is 0 Å². The minimum absolute atomic E-state index is 0.148. The molecule has 0 aromatic heterocycles. The van der Waals surface area contributed by atoms with Crippen molar-refractivity contribution in [2.75, 3.05) is 6.67 Å². The van der Waals surface area contributed by atoms with Gasteiger partial charge in [-0.15, -0.1) is 0 Å². The van der Waals surface area contributed by atoms with Crippen molar-refractivity contribution in [1.29, 1.82) is 0 Å². The van der Waals surface area contributed by atoms with E-state index in [1.165, 1.54) is 12.4 Å². The Morgan fingerprint density at radius 3 is 1.64 bits per heavy atom. The highest BCUT2D eigenvalue weighted by Gasteiger charge is 2.21. The van der Waals surface area contributed by atoms with Crippen LogP contribution in [0.4, 0.5) is 9.59 Å². The normalized spacial score (nSPS) is 15.6. The third kappa shape index (κ3) is 1.40. The van der Waals surface area contributed by atoms with Gasteiger partial charge in [0.15, 0.2) is 0 Å². The molecule has 6 nitrogen and oxygen atoms in total. The Kier molecular flexibility index (Phi) is 1.67. The van der Waals surface area contributed by atoms with E-state index in [2.05, 4.69) is 0 Å². The average molecular weight is 158 g/mol. The smallest absolute Gasteiger partial charge is 0.412 e. The summed E-state index contributed by atoms with van der Waals surface area (Å²) in [5, 5.41) is 16.7. The summed E-state index contributed by atoms with van der Waals surface area (Å²) in [6, 6.07) is 0. The average Bonchev–Trinajstić information content (AvgIpc) is 2.33. The molecule has 2 N–H and O–H groups in total. The first-order valence-electron chi connectivity index (χ1n) is 2.78. The monoisotopic (exact) mass is 158 g/mol. The summed E-state index contributed by atoms with van der Waals surface area (Å²) < 4.78 is 0. The van der Waals surface area contributed by atoms with Gasteiger partial charge in [-0.2, -0.15) is 0 Å². The molecule has 1 heterocycles. The number of hydrogen-bond donors (Lipinski definition) is 2. The van der Waals surface area contributed by atoms with Gasteiger partial charge in [-0.25, -0.2) is 9.59 Å². The fraction of sp³-hybridized carbons (Fsp3) is 0.200. The predicted molar refractivity (Wildman–Crippen MR) is 33.7 cm³/mol. The Balaban J connectivity index is 2.56. The van der Waals surface area contributed by atoms with Crippen LogP contribution in [0.15, 0.2) is 12.4 Å². The van der Waals surface area contributed by atoms with E-state index in [-0.39, 0.29) is 6.67 Å². The van der Waals surface area contributed by atoms with Crippen molar-refractivity contribution in [3.63, 3.8) is 0 Å². The van der Waals surface area contributed by atoms with Gasteiger partial charge < -0.3 is 10.2 Å². The summed E-state index contributed by atoms with van der Waals surface area (Å²) in [6.45, 7) is -0.148.